The Labute approximate surface area is 110 Å². The standard InChI is InChI=1S/C13H28N2O3/c1-6-13(7-2,10-16)15-9-8-14-11(17)18-12(3,4)5/h15-16H,6-10H2,1-5H3,(H,14,17). The van der Waals surface area contributed by atoms with Gasteiger partial charge < -0.3 is 20.5 Å². The summed E-state index contributed by atoms with van der Waals surface area (Å²) in [7, 11) is 0. The Hall–Kier alpha value is -0.810. The van der Waals surface area contributed by atoms with Crippen molar-refractivity contribution in [2.45, 2.75) is 58.6 Å². The summed E-state index contributed by atoms with van der Waals surface area (Å²) in [5.41, 5.74) is -0.713. The highest BCUT2D eigenvalue weighted by molar-refractivity contribution is 5.67. The highest BCUT2D eigenvalue weighted by atomic mass is 16.6. The van der Waals surface area contributed by atoms with Crippen molar-refractivity contribution in [1.82, 2.24) is 10.6 Å². The molecule has 0 spiro atoms. The molecule has 0 aromatic heterocycles. The lowest BCUT2D eigenvalue weighted by atomic mass is 9.94. The van der Waals surface area contributed by atoms with Crippen molar-refractivity contribution in [1.29, 1.82) is 0 Å². The molecule has 3 N–H and O–H groups in total. The Morgan fingerprint density at radius 2 is 1.72 bits per heavy atom. The lowest BCUT2D eigenvalue weighted by Crippen LogP contribution is -2.50. The van der Waals surface area contributed by atoms with Crippen LogP contribution in [-0.4, -0.2) is 42.0 Å². The number of nitrogens with one attached hydrogen (secondary N) is 2. The van der Waals surface area contributed by atoms with E-state index in [0.29, 0.717) is 13.1 Å². The number of ether oxygens (including phenoxy) is 1. The molecule has 0 rings (SSSR count). The molecule has 0 unspecified atom stereocenters. The van der Waals surface area contributed by atoms with Gasteiger partial charge in [-0.25, -0.2) is 4.79 Å². The summed E-state index contributed by atoms with van der Waals surface area (Å²) in [4.78, 5) is 11.4. The van der Waals surface area contributed by atoms with Crippen LogP contribution in [0.4, 0.5) is 4.79 Å². The van der Waals surface area contributed by atoms with Gasteiger partial charge in [0, 0.05) is 18.6 Å². The van der Waals surface area contributed by atoms with Crippen LogP contribution in [0.5, 0.6) is 0 Å². The minimum absolute atomic E-state index is 0.104. The summed E-state index contributed by atoms with van der Waals surface area (Å²) in [5.74, 6) is 0. The van der Waals surface area contributed by atoms with E-state index < -0.39 is 11.7 Å². The molecular formula is C13H28N2O3. The van der Waals surface area contributed by atoms with Gasteiger partial charge in [-0.15, -0.1) is 0 Å². The lowest BCUT2D eigenvalue weighted by Gasteiger charge is -2.31. The minimum Gasteiger partial charge on any atom is -0.444 e. The van der Waals surface area contributed by atoms with Crippen molar-refractivity contribution in [3.8, 4) is 0 Å². The molecular weight excluding hydrogens is 232 g/mol. The second-order valence-corrected chi connectivity index (χ2v) is 5.50. The van der Waals surface area contributed by atoms with Crippen molar-refractivity contribution in [2.75, 3.05) is 19.7 Å². The van der Waals surface area contributed by atoms with Gasteiger partial charge in [-0.05, 0) is 33.6 Å². The molecule has 18 heavy (non-hydrogen) atoms. The quantitative estimate of drug-likeness (QED) is 0.609. The van der Waals surface area contributed by atoms with E-state index in [-0.39, 0.29) is 12.1 Å². The largest absolute Gasteiger partial charge is 0.444 e. The average molecular weight is 260 g/mol. The van der Waals surface area contributed by atoms with Crippen LogP contribution >= 0.6 is 0 Å². The molecule has 0 atom stereocenters. The third-order valence-electron chi connectivity index (χ3n) is 2.95. The van der Waals surface area contributed by atoms with Crippen LogP contribution in [0.3, 0.4) is 0 Å². The van der Waals surface area contributed by atoms with E-state index >= 15 is 0 Å². The van der Waals surface area contributed by atoms with Crippen LogP contribution in [0.1, 0.15) is 47.5 Å². The smallest absolute Gasteiger partial charge is 0.407 e. The van der Waals surface area contributed by atoms with Gasteiger partial charge in [0.05, 0.1) is 6.61 Å². The average Bonchev–Trinajstić information content (AvgIpc) is 2.28. The van der Waals surface area contributed by atoms with Crippen molar-refractivity contribution < 1.29 is 14.6 Å². The minimum atomic E-state index is -0.473. The third kappa shape index (κ3) is 6.81. The predicted molar refractivity (Wildman–Crippen MR) is 72.6 cm³/mol. The molecule has 0 aliphatic rings. The van der Waals surface area contributed by atoms with Crippen molar-refractivity contribution in [3.05, 3.63) is 0 Å². The van der Waals surface area contributed by atoms with E-state index in [4.69, 9.17) is 4.74 Å². The second kappa shape index (κ2) is 7.59. The van der Waals surface area contributed by atoms with E-state index in [0.717, 1.165) is 12.8 Å². The Balaban J connectivity index is 3.89. The topological polar surface area (TPSA) is 70.6 Å². The first-order valence-electron chi connectivity index (χ1n) is 6.61. The molecule has 0 fully saturated rings. The molecule has 5 heteroatoms. The number of alkyl carbamates (subject to hydrolysis) is 1. The fourth-order valence-corrected chi connectivity index (χ4v) is 1.59. The first-order chi connectivity index (χ1) is 8.28. The van der Waals surface area contributed by atoms with Crippen molar-refractivity contribution in [2.24, 2.45) is 0 Å². The van der Waals surface area contributed by atoms with Gasteiger partial charge >= 0.3 is 6.09 Å². The van der Waals surface area contributed by atoms with Crippen LogP contribution in [0.15, 0.2) is 0 Å². The summed E-state index contributed by atoms with van der Waals surface area (Å²) in [6.07, 6.45) is 1.30. The van der Waals surface area contributed by atoms with E-state index in [2.05, 4.69) is 10.6 Å². The van der Waals surface area contributed by atoms with Gasteiger partial charge in [0.1, 0.15) is 5.60 Å². The van der Waals surface area contributed by atoms with Crippen molar-refractivity contribution >= 4 is 6.09 Å². The van der Waals surface area contributed by atoms with Gasteiger partial charge in [-0.1, -0.05) is 13.8 Å². The van der Waals surface area contributed by atoms with Gasteiger partial charge in [-0.2, -0.15) is 0 Å². The van der Waals surface area contributed by atoms with E-state index in [1.807, 2.05) is 34.6 Å². The summed E-state index contributed by atoms with van der Waals surface area (Å²) < 4.78 is 5.12. The Kier molecular flexibility index (Phi) is 7.25. The zero-order valence-corrected chi connectivity index (χ0v) is 12.3. The van der Waals surface area contributed by atoms with Crippen LogP contribution in [0, 0.1) is 0 Å². The Morgan fingerprint density at radius 1 is 1.17 bits per heavy atom. The first-order valence-corrected chi connectivity index (χ1v) is 6.61. The fraction of sp³-hybridized carbons (Fsp3) is 0.923. The molecule has 0 aliphatic carbocycles. The normalized spacial score (nSPS) is 12.3. The number of aliphatic hydroxyl groups excluding tert-OH is 1. The molecule has 0 saturated heterocycles. The Morgan fingerprint density at radius 3 is 2.11 bits per heavy atom. The SMILES string of the molecule is CCC(CC)(CO)NCCNC(=O)OC(C)(C)C. The van der Waals surface area contributed by atoms with Crippen molar-refractivity contribution in [3.63, 3.8) is 0 Å². The zero-order valence-electron chi connectivity index (χ0n) is 12.3. The van der Waals surface area contributed by atoms with E-state index in [1.54, 1.807) is 0 Å². The molecule has 108 valence electrons. The Bertz CT molecular complexity index is 237. The van der Waals surface area contributed by atoms with Gasteiger partial charge in [0.15, 0.2) is 0 Å². The summed E-state index contributed by atoms with van der Waals surface area (Å²) in [5, 5.41) is 15.3. The number of carbonyl (C=O) groups excluding carboxylic acids is 1. The second-order valence-electron chi connectivity index (χ2n) is 5.50. The van der Waals surface area contributed by atoms with Crippen LogP contribution < -0.4 is 10.6 Å². The molecule has 1 amide bonds. The number of hydrogen-bond acceptors (Lipinski definition) is 4. The van der Waals surface area contributed by atoms with Crippen LogP contribution in [0.2, 0.25) is 0 Å². The predicted octanol–water partition coefficient (Wildman–Crippen LogP) is 1.65. The first kappa shape index (κ1) is 17.2. The van der Waals surface area contributed by atoms with Crippen LogP contribution in [0.25, 0.3) is 0 Å². The maximum Gasteiger partial charge on any atom is 0.407 e. The molecule has 5 nitrogen and oxygen atoms in total. The van der Waals surface area contributed by atoms with Gasteiger partial charge in [-0.3, -0.25) is 0 Å². The third-order valence-corrected chi connectivity index (χ3v) is 2.95. The van der Waals surface area contributed by atoms with Crippen LogP contribution in [-0.2, 0) is 4.74 Å². The molecule has 0 saturated carbocycles. The van der Waals surface area contributed by atoms with Gasteiger partial charge in [0.2, 0.25) is 0 Å². The fourth-order valence-electron chi connectivity index (χ4n) is 1.59. The molecule has 0 aliphatic heterocycles. The number of hydrogen-bond donors (Lipinski definition) is 3. The molecule has 0 aromatic rings. The molecule has 0 bridgehead atoms. The molecule has 0 heterocycles. The number of carbonyl (C=O) groups is 1. The number of aliphatic hydroxyl groups is 1. The van der Waals surface area contributed by atoms with Gasteiger partial charge in [0.25, 0.3) is 0 Å². The maximum absolute atomic E-state index is 11.4. The maximum atomic E-state index is 11.4. The molecule has 0 radical (unpaired) electrons. The number of rotatable bonds is 7. The molecule has 0 aromatic carbocycles. The zero-order chi connectivity index (χ0) is 14.2. The lowest BCUT2D eigenvalue weighted by molar-refractivity contribution is 0.0525. The number of amides is 1. The van der Waals surface area contributed by atoms with E-state index in [1.165, 1.54) is 0 Å². The monoisotopic (exact) mass is 260 g/mol. The highest BCUT2D eigenvalue weighted by Crippen LogP contribution is 2.13. The highest BCUT2D eigenvalue weighted by Gasteiger charge is 2.23. The van der Waals surface area contributed by atoms with E-state index in [9.17, 15) is 9.90 Å². The summed E-state index contributed by atoms with van der Waals surface area (Å²) in [6, 6.07) is 0. The summed E-state index contributed by atoms with van der Waals surface area (Å²) >= 11 is 0. The summed E-state index contributed by atoms with van der Waals surface area (Å²) in [6.45, 7) is 10.8.